The summed E-state index contributed by atoms with van der Waals surface area (Å²) in [7, 11) is 0. The lowest BCUT2D eigenvalue weighted by Crippen LogP contribution is -2.15. The number of benzene rings is 3. The molecule has 0 heterocycles. The van der Waals surface area contributed by atoms with E-state index in [1.54, 1.807) is 6.07 Å². The summed E-state index contributed by atoms with van der Waals surface area (Å²) in [5, 5.41) is 0. The summed E-state index contributed by atoms with van der Waals surface area (Å²) < 4.78 is 11.0. The van der Waals surface area contributed by atoms with Crippen molar-refractivity contribution >= 4 is 6.16 Å². The van der Waals surface area contributed by atoms with Crippen LogP contribution in [0.2, 0.25) is 0 Å². The summed E-state index contributed by atoms with van der Waals surface area (Å²) >= 11 is 0. The second-order valence-corrected chi connectivity index (χ2v) is 5.92. The molecule has 0 spiro atoms. The van der Waals surface area contributed by atoms with Crippen molar-refractivity contribution in [3.8, 4) is 22.6 Å². The van der Waals surface area contributed by atoms with Crippen molar-refractivity contribution < 1.29 is 14.3 Å². The predicted octanol–water partition coefficient (Wildman–Crippen LogP) is 6.06. The number of rotatable bonds is 5. The van der Waals surface area contributed by atoms with Crippen LogP contribution in [0.15, 0.2) is 72.8 Å². The highest BCUT2D eigenvalue weighted by atomic mass is 16.7. The largest absolute Gasteiger partial charge is 0.519 e. The fourth-order valence-corrected chi connectivity index (χ4v) is 3.05. The lowest BCUT2D eigenvalue weighted by atomic mass is 10.0. The van der Waals surface area contributed by atoms with Gasteiger partial charge in [0.1, 0.15) is 11.5 Å². The van der Waals surface area contributed by atoms with Gasteiger partial charge in [-0.2, -0.15) is 0 Å². The van der Waals surface area contributed by atoms with Gasteiger partial charge in [-0.3, -0.25) is 0 Å². The Kier molecular flexibility index (Phi) is 5.69. The van der Waals surface area contributed by atoms with Crippen molar-refractivity contribution in [3.05, 3.63) is 83.9 Å². The van der Waals surface area contributed by atoms with Crippen LogP contribution >= 0.6 is 0 Å². The maximum Gasteiger partial charge on any atom is 0.519 e. The van der Waals surface area contributed by atoms with E-state index in [2.05, 4.69) is 19.9 Å². The third-order valence-corrected chi connectivity index (χ3v) is 4.32. The highest BCUT2D eigenvalue weighted by molar-refractivity contribution is 5.75. The van der Waals surface area contributed by atoms with E-state index in [-0.39, 0.29) is 0 Å². The monoisotopic (exact) mass is 346 g/mol. The number of hydrogen-bond acceptors (Lipinski definition) is 3. The van der Waals surface area contributed by atoms with Gasteiger partial charge in [-0.15, -0.1) is 0 Å². The molecule has 0 aliphatic heterocycles. The molecule has 0 fully saturated rings. The average Bonchev–Trinajstić information content (AvgIpc) is 2.68. The van der Waals surface area contributed by atoms with Gasteiger partial charge in [0.05, 0.1) is 0 Å². The summed E-state index contributed by atoms with van der Waals surface area (Å²) in [5.41, 5.74) is 4.06. The molecule has 0 aliphatic rings. The van der Waals surface area contributed by atoms with Gasteiger partial charge in [-0.05, 0) is 41.7 Å². The Bertz CT molecular complexity index is 885. The summed E-state index contributed by atoms with van der Waals surface area (Å²) in [4.78, 5) is 12.4. The lowest BCUT2D eigenvalue weighted by Gasteiger charge is -2.13. The molecule has 3 aromatic rings. The maximum atomic E-state index is 12.4. The third kappa shape index (κ3) is 3.94. The average molecular weight is 346 g/mol. The van der Waals surface area contributed by atoms with Gasteiger partial charge in [-0.1, -0.05) is 74.5 Å². The summed E-state index contributed by atoms with van der Waals surface area (Å²) in [6.45, 7) is 4.14. The molecule has 3 aromatic carbocycles. The van der Waals surface area contributed by atoms with Crippen molar-refractivity contribution in [1.82, 2.24) is 0 Å². The molecule has 0 amide bonds. The quantitative estimate of drug-likeness (QED) is 0.416. The third-order valence-electron chi connectivity index (χ3n) is 4.32. The number of carbonyl (C=O) groups is 1. The zero-order valence-electron chi connectivity index (χ0n) is 15.1. The highest BCUT2D eigenvalue weighted by Crippen LogP contribution is 2.30. The first-order valence-electron chi connectivity index (χ1n) is 8.87. The van der Waals surface area contributed by atoms with E-state index in [0.29, 0.717) is 11.5 Å². The van der Waals surface area contributed by atoms with E-state index >= 15 is 0 Å². The van der Waals surface area contributed by atoms with E-state index in [0.717, 1.165) is 29.5 Å². The van der Waals surface area contributed by atoms with Crippen LogP contribution in [-0.2, 0) is 12.8 Å². The second kappa shape index (κ2) is 8.34. The molecule has 0 bridgehead atoms. The molecule has 3 nitrogen and oxygen atoms in total. The number of carbonyl (C=O) groups excluding carboxylic acids is 1. The summed E-state index contributed by atoms with van der Waals surface area (Å²) in [6.07, 6.45) is 0.968. The molecule has 0 aliphatic carbocycles. The minimum absolute atomic E-state index is 0.480. The number of hydrogen-bond donors (Lipinski definition) is 0. The molecule has 3 rings (SSSR count). The van der Waals surface area contributed by atoms with Gasteiger partial charge in [0, 0.05) is 5.56 Å². The van der Waals surface area contributed by atoms with E-state index < -0.39 is 6.16 Å². The number of ether oxygens (including phenoxy) is 2. The van der Waals surface area contributed by atoms with E-state index in [1.807, 2.05) is 60.7 Å². The number of aryl methyl sites for hydroxylation is 1. The Morgan fingerprint density at radius 1 is 0.731 bits per heavy atom. The Morgan fingerprint density at radius 2 is 1.38 bits per heavy atom. The Morgan fingerprint density at radius 3 is 2.12 bits per heavy atom. The van der Waals surface area contributed by atoms with Gasteiger partial charge in [-0.25, -0.2) is 4.79 Å². The van der Waals surface area contributed by atoms with Crippen LogP contribution in [0.25, 0.3) is 11.1 Å². The van der Waals surface area contributed by atoms with Gasteiger partial charge < -0.3 is 9.47 Å². The molecule has 0 aromatic heterocycles. The van der Waals surface area contributed by atoms with Gasteiger partial charge in [0.15, 0.2) is 0 Å². The molecule has 0 N–H and O–H groups in total. The topological polar surface area (TPSA) is 35.5 Å². The second-order valence-electron chi connectivity index (χ2n) is 5.92. The summed E-state index contributed by atoms with van der Waals surface area (Å²) in [6, 6.07) is 23.0. The zero-order valence-corrected chi connectivity index (χ0v) is 15.1. The standard InChI is InChI=1S/C23H22O3/c1-3-17-13-10-16-21(19(17)4-2)25-23(24)26-22-15-9-8-14-20(22)18-11-6-5-7-12-18/h5-16H,3-4H2,1-2H3. The van der Waals surface area contributed by atoms with Crippen LogP contribution in [0.5, 0.6) is 11.5 Å². The Balaban J connectivity index is 1.82. The van der Waals surface area contributed by atoms with Gasteiger partial charge >= 0.3 is 6.16 Å². The molecule has 0 saturated heterocycles. The SMILES string of the molecule is CCc1cccc(OC(=O)Oc2ccccc2-c2ccccc2)c1CC. The van der Waals surface area contributed by atoms with Crippen LogP contribution in [0, 0.1) is 0 Å². The van der Waals surface area contributed by atoms with Crippen molar-refractivity contribution in [2.24, 2.45) is 0 Å². The Hall–Kier alpha value is -3.07. The molecule has 0 atom stereocenters. The predicted molar refractivity (Wildman–Crippen MR) is 104 cm³/mol. The molecule has 0 radical (unpaired) electrons. The molecule has 132 valence electrons. The zero-order chi connectivity index (χ0) is 18.4. The molecular formula is C23H22O3. The lowest BCUT2D eigenvalue weighted by molar-refractivity contribution is 0.151. The molecule has 0 unspecified atom stereocenters. The van der Waals surface area contributed by atoms with Gasteiger partial charge in [0.2, 0.25) is 0 Å². The summed E-state index contributed by atoms with van der Waals surface area (Å²) in [5.74, 6) is 1.04. The van der Waals surface area contributed by atoms with Crippen LogP contribution < -0.4 is 9.47 Å². The molecule has 0 saturated carbocycles. The normalized spacial score (nSPS) is 10.4. The fraction of sp³-hybridized carbons (Fsp3) is 0.174. The first-order chi connectivity index (χ1) is 12.7. The van der Waals surface area contributed by atoms with Crippen LogP contribution in [0.4, 0.5) is 4.79 Å². The smallest absolute Gasteiger partial charge is 0.394 e. The molecule has 26 heavy (non-hydrogen) atoms. The Labute approximate surface area is 154 Å². The first kappa shape index (κ1) is 17.7. The van der Waals surface area contributed by atoms with Gasteiger partial charge in [0.25, 0.3) is 0 Å². The van der Waals surface area contributed by atoms with Crippen molar-refractivity contribution in [2.45, 2.75) is 26.7 Å². The maximum absolute atomic E-state index is 12.4. The van der Waals surface area contributed by atoms with Crippen molar-refractivity contribution in [2.75, 3.05) is 0 Å². The van der Waals surface area contributed by atoms with E-state index in [1.165, 1.54) is 5.56 Å². The molecule has 3 heteroatoms. The van der Waals surface area contributed by atoms with Crippen molar-refractivity contribution in [3.63, 3.8) is 0 Å². The minimum Gasteiger partial charge on any atom is -0.394 e. The minimum atomic E-state index is -0.726. The molecular weight excluding hydrogens is 324 g/mol. The fourth-order valence-electron chi connectivity index (χ4n) is 3.05. The van der Waals surface area contributed by atoms with Crippen LogP contribution in [0.3, 0.4) is 0 Å². The van der Waals surface area contributed by atoms with E-state index in [4.69, 9.17) is 9.47 Å². The number of para-hydroxylation sites is 1. The highest BCUT2D eigenvalue weighted by Gasteiger charge is 2.15. The van der Waals surface area contributed by atoms with Crippen molar-refractivity contribution in [1.29, 1.82) is 0 Å². The van der Waals surface area contributed by atoms with E-state index in [9.17, 15) is 4.79 Å². The van der Waals surface area contributed by atoms with Crippen LogP contribution in [0.1, 0.15) is 25.0 Å². The van der Waals surface area contributed by atoms with Crippen LogP contribution in [-0.4, -0.2) is 6.16 Å². The first-order valence-corrected chi connectivity index (χ1v) is 8.87.